The number of pyridine rings is 2. The minimum absolute atomic E-state index is 0.107. The Morgan fingerprint density at radius 2 is 2.00 bits per heavy atom. The highest BCUT2D eigenvalue weighted by Crippen LogP contribution is 2.28. The van der Waals surface area contributed by atoms with Crippen molar-refractivity contribution in [3.8, 4) is 0 Å². The van der Waals surface area contributed by atoms with Crippen molar-refractivity contribution in [1.29, 1.82) is 0 Å². The fourth-order valence-corrected chi connectivity index (χ4v) is 3.99. The number of unbranched alkanes of at least 4 members (excludes halogenated alkanes) is 1. The number of anilines is 1. The third-order valence-electron chi connectivity index (χ3n) is 4.57. The van der Waals surface area contributed by atoms with Crippen molar-refractivity contribution in [2.45, 2.75) is 32.9 Å². The quantitative estimate of drug-likeness (QED) is 0.538. The zero-order valence-electron chi connectivity index (χ0n) is 16.4. The lowest BCUT2D eigenvalue weighted by Crippen LogP contribution is -2.25. The third kappa shape index (κ3) is 4.08. The van der Waals surface area contributed by atoms with Crippen LogP contribution in [0, 0.1) is 0 Å². The van der Waals surface area contributed by atoms with Crippen LogP contribution < -0.4 is 5.73 Å². The summed E-state index contributed by atoms with van der Waals surface area (Å²) in [4.78, 5) is 13.5. The maximum absolute atomic E-state index is 12.0. The summed E-state index contributed by atoms with van der Waals surface area (Å²) in [5.41, 5.74) is 8.98. The smallest absolute Gasteiger partial charge is 0.213 e. The summed E-state index contributed by atoms with van der Waals surface area (Å²) in [6.45, 7) is 3.43. The molecule has 0 spiro atoms. The van der Waals surface area contributed by atoms with Gasteiger partial charge in [-0.1, -0.05) is 0 Å². The summed E-state index contributed by atoms with van der Waals surface area (Å²) < 4.78 is 32.8. The van der Waals surface area contributed by atoms with E-state index in [-0.39, 0.29) is 5.75 Å². The van der Waals surface area contributed by atoms with E-state index in [2.05, 4.69) is 15.0 Å². The second-order valence-electron chi connectivity index (χ2n) is 6.69. The first kappa shape index (κ1) is 20.4. The van der Waals surface area contributed by atoms with Crippen molar-refractivity contribution in [2.75, 3.05) is 32.2 Å². The topological polar surface area (TPSA) is 116 Å². The first-order valence-corrected chi connectivity index (χ1v) is 10.8. The molecular formula is C18H26N6O3S. The van der Waals surface area contributed by atoms with Crippen LogP contribution in [0.3, 0.4) is 0 Å². The number of ether oxygens (including phenoxy) is 1. The summed E-state index contributed by atoms with van der Waals surface area (Å²) in [7, 11) is -0.110. The molecule has 0 aliphatic carbocycles. The van der Waals surface area contributed by atoms with E-state index in [1.54, 1.807) is 20.3 Å². The predicted octanol–water partition coefficient (Wildman–Crippen LogP) is 1.77. The largest absolute Gasteiger partial charge is 0.382 e. The number of rotatable bonds is 9. The number of imidazole rings is 1. The van der Waals surface area contributed by atoms with Gasteiger partial charge < -0.3 is 15.0 Å². The molecule has 0 bridgehead atoms. The zero-order chi connectivity index (χ0) is 20.3. The van der Waals surface area contributed by atoms with Crippen LogP contribution in [0.2, 0.25) is 0 Å². The second-order valence-corrected chi connectivity index (χ2v) is 8.99. The normalized spacial score (nSPS) is 12.4. The van der Waals surface area contributed by atoms with E-state index >= 15 is 0 Å². The number of fused-ring (bicyclic) bond motifs is 3. The SMILES string of the molecule is CCOCc1nc2c(N)nc3cccnc3c2n1CCCCS(=O)(=O)N(C)C. The van der Waals surface area contributed by atoms with Gasteiger partial charge in [-0.3, -0.25) is 4.98 Å². The average molecular weight is 407 g/mol. The number of hydrogen-bond donors (Lipinski definition) is 1. The zero-order valence-corrected chi connectivity index (χ0v) is 17.2. The van der Waals surface area contributed by atoms with Crippen LogP contribution in [0.25, 0.3) is 22.1 Å². The lowest BCUT2D eigenvalue weighted by atomic mass is 10.2. The van der Waals surface area contributed by atoms with E-state index in [0.717, 1.165) is 16.9 Å². The number of aryl methyl sites for hydroxylation is 1. The fraction of sp³-hybridized carbons (Fsp3) is 0.500. The van der Waals surface area contributed by atoms with Crippen molar-refractivity contribution < 1.29 is 13.2 Å². The molecule has 0 unspecified atom stereocenters. The molecule has 3 rings (SSSR count). The number of aromatic nitrogens is 4. The van der Waals surface area contributed by atoms with Gasteiger partial charge in [0, 0.05) is 33.4 Å². The van der Waals surface area contributed by atoms with Gasteiger partial charge in [0.2, 0.25) is 10.0 Å². The summed E-state index contributed by atoms with van der Waals surface area (Å²) in [5, 5.41) is 0. The summed E-state index contributed by atoms with van der Waals surface area (Å²) >= 11 is 0. The summed E-state index contributed by atoms with van der Waals surface area (Å²) in [5.74, 6) is 1.19. The number of nitrogen functional groups attached to an aromatic ring is 1. The number of sulfonamides is 1. The predicted molar refractivity (Wildman–Crippen MR) is 109 cm³/mol. The minimum Gasteiger partial charge on any atom is -0.382 e. The molecule has 2 N–H and O–H groups in total. The monoisotopic (exact) mass is 406 g/mol. The highest BCUT2D eigenvalue weighted by molar-refractivity contribution is 7.89. The van der Waals surface area contributed by atoms with Crippen LogP contribution in [0.5, 0.6) is 0 Å². The third-order valence-corrected chi connectivity index (χ3v) is 6.48. The molecule has 0 aliphatic heterocycles. The molecule has 0 radical (unpaired) electrons. The van der Waals surface area contributed by atoms with Crippen LogP contribution in [-0.2, 0) is 27.9 Å². The number of hydrogen-bond acceptors (Lipinski definition) is 7. The van der Waals surface area contributed by atoms with E-state index in [9.17, 15) is 8.42 Å². The standard InChI is InChI=1S/C18H26N6O3S/c1-4-27-12-14-22-16-17(15-13(21-18(16)19)8-7-9-20-15)24(14)10-5-6-11-28(25,26)23(2)3/h7-9H,4-6,10-12H2,1-3H3,(H2,19,21). The Balaban J connectivity index is 1.96. The summed E-state index contributed by atoms with van der Waals surface area (Å²) in [6, 6.07) is 3.68. The van der Waals surface area contributed by atoms with Crippen molar-refractivity contribution in [3.05, 3.63) is 24.2 Å². The van der Waals surface area contributed by atoms with Gasteiger partial charge in [0.25, 0.3) is 0 Å². The maximum Gasteiger partial charge on any atom is 0.213 e. The molecule has 152 valence electrons. The average Bonchev–Trinajstić information content (AvgIpc) is 3.03. The van der Waals surface area contributed by atoms with Crippen molar-refractivity contribution in [2.24, 2.45) is 0 Å². The molecule has 3 heterocycles. The van der Waals surface area contributed by atoms with E-state index in [1.807, 2.05) is 23.6 Å². The molecule has 0 amide bonds. The Labute approximate surface area is 164 Å². The molecule has 9 nitrogen and oxygen atoms in total. The van der Waals surface area contributed by atoms with Gasteiger partial charge in [-0.25, -0.2) is 22.7 Å². The van der Waals surface area contributed by atoms with Crippen LogP contribution in [0.1, 0.15) is 25.6 Å². The highest BCUT2D eigenvalue weighted by Gasteiger charge is 2.19. The van der Waals surface area contributed by atoms with Gasteiger partial charge in [-0.05, 0) is 31.9 Å². The highest BCUT2D eigenvalue weighted by atomic mass is 32.2. The maximum atomic E-state index is 12.0. The van der Waals surface area contributed by atoms with Crippen LogP contribution >= 0.6 is 0 Å². The fourth-order valence-electron chi connectivity index (χ4n) is 3.05. The molecule has 0 saturated carbocycles. The Bertz CT molecular complexity index is 1080. The van der Waals surface area contributed by atoms with E-state index < -0.39 is 10.0 Å². The van der Waals surface area contributed by atoms with Gasteiger partial charge >= 0.3 is 0 Å². The first-order valence-electron chi connectivity index (χ1n) is 9.22. The van der Waals surface area contributed by atoms with Crippen LogP contribution in [0.4, 0.5) is 5.82 Å². The van der Waals surface area contributed by atoms with E-state index in [1.165, 1.54) is 4.31 Å². The molecule has 0 aromatic carbocycles. The second kappa shape index (κ2) is 8.38. The molecule has 10 heteroatoms. The Kier molecular flexibility index (Phi) is 6.11. The molecule has 3 aromatic heterocycles. The first-order chi connectivity index (χ1) is 13.3. The molecular weight excluding hydrogens is 380 g/mol. The van der Waals surface area contributed by atoms with Gasteiger partial charge in [0.15, 0.2) is 5.82 Å². The Hall–Kier alpha value is -2.30. The lowest BCUT2D eigenvalue weighted by Gasteiger charge is -2.12. The molecule has 0 fully saturated rings. The molecule has 0 aliphatic rings. The lowest BCUT2D eigenvalue weighted by molar-refractivity contribution is 0.126. The molecule has 3 aromatic rings. The Morgan fingerprint density at radius 1 is 1.21 bits per heavy atom. The summed E-state index contributed by atoms with van der Waals surface area (Å²) in [6.07, 6.45) is 2.93. The van der Waals surface area contributed by atoms with Gasteiger partial charge in [-0.2, -0.15) is 0 Å². The van der Waals surface area contributed by atoms with Gasteiger partial charge in [0.05, 0.1) is 11.3 Å². The van der Waals surface area contributed by atoms with E-state index in [0.29, 0.717) is 49.5 Å². The molecule has 0 saturated heterocycles. The van der Waals surface area contributed by atoms with Crippen molar-refractivity contribution in [3.63, 3.8) is 0 Å². The van der Waals surface area contributed by atoms with Crippen molar-refractivity contribution in [1.82, 2.24) is 23.8 Å². The van der Waals surface area contributed by atoms with Gasteiger partial charge in [-0.15, -0.1) is 0 Å². The number of nitrogens with zero attached hydrogens (tertiary/aromatic N) is 5. The van der Waals surface area contributed by atoms with Crippen molar-refractivity contribution >= 4 is 37.9 Å². The minimum atomic E-state index is -3.21. The van der Waals surface area contributed by atoms with Crippen LogP contribution in [-0.4, -0.2) is 58.7 Å². The van der Waals surface area contributed by atoms with Gasteiger partial charge in [0.1, 0.15) is 29.0 Å². The number of nitrogens with two attached hydrogens (primary N) is 1. The molecule has 28 heavy (non-hydrogen) atoms. The van der Waals surface area contributed by atoms with Crippen LogP contribution in [0.15, 0.2) is 18.3 Å². The van der Waals surface area contributed by atoms with E-state index in [4.69, 9.17) is 10.5 Å². The molecule has 0 atom stereocenters. The Morgan fingerprint density at radius 3 is 2.71 bits per heavy atom.